The number of nitrogens with zero attached hydrogens (tertiary/aromatic N) is 3. The molecular weight excluding hydrogens is 460 g/mol. The molecule has 10 nitrogen and oxygen atoms in total. The van der Waals surface area contributed by atoms with Crippen molar-refractivity contribution < 1.29 is 19.2 Å². The van der Waals surface area contributed by atoms with Crippen LogP contribution >= 0.6 is 0 Å². The zero-order valence-electron chi connectivity index (χ0n) is 19.6. The van der Waals surface area contributed by atoms with E-state index in [0.29, 0.717) is 18.5 Å². The first-order chi connectivity index (χ1) is 17.5. The molecule has 2 aliphatic rings. The number of nitrogens with one attached hydrogen (secondary N) is 3. The average molecular weight is 487 g/mol. The van der Waals surface area contributed by atoms with Gasteiger partial charge in [0.1, 0.15) is 11.2 Å². The van der Waals surface area contributed by atoms with Crippen LogP contribution in [0.5, 0.6) is 0 Å². The molecule has 0 unspecified atom stereocenters. The molecule has 5 amide bonds. The summed E-state index contributed by atoms with van der Waals surface area (Å²) in [6.45, 7) is -0.0602. The first-order valence-electron chi connectivity index (χ1n) is 11.9. The van der Waals surface area contributed by atoms with E-state index in [9.17, 15) is 19.2 Å². The second-order valence-corrected chi connectivity index (χ2v) is 8.97. The van der Waals surface area contributed by atoms with Gasteiger partial charge in [-0.1, -0.05) is 61.4 Å². The van der Waals surface area contributed by atoms with Gasteiger partial charge in [-0.25, -0.2) is 9.48 Å². The monoisotopic (exact) mass is 486 g/mol. The maximum atomic E-state index is 13.0. The summed E-state index contributed by atoms with van der Waals surface area (Å²) >= 11 is 0. The number of carbonyl (C=O) groups is 4. The summed E-state index contributed by atoms with van der Waals surface area (Å²) in [7, 11) is 0. The quantitative estimate of drug-likeness (QED) is 0.365. The summed E-state index contributed by atoms with van der Waals surface area (Å²) in [4.78, 5) is 51.5. The molecular formula is C26H26N6O4. The van der Waals surface area contributed by atoms with Crippen LogP contribution in [0.15, 0.2) is 66.9 Å². The van der Waals surface area contributed by atoms with Crippen LogP contribution in [-0.2, 0) is 9.59 Å². The fourth-order valence-corrected chi connectivity index (χ4v) is 4.73. The van der Waals surface area contributed by atoms with Crippen molar-refractivity contribution in [2.45, 2.75) is 37.6 Å². The number of hydrogen-bond acceptors (Lipinski definition) is 5. The Bertz CT molecular complexity index is 1300. The molecule has 184 valence electrons. The van der Waals surface area contributed by atoms with E-state index >= 15 is 0 Å². The molecule has 0 atom stereocenters. The van der Waals surface area contributed by atoms with Gasteiger partial charge in [-0.05, 0) is 25.0 Å². The van der Waals surface area contributed by atoms with Gasteiger partial charge in [0.15, 0.2) is 0 Å². The van der Waals surface area contributed by atoms with Gasteiger partial charge in [0.05, 0.1) is 11.3 Å². The number of rotatable bonds is 6. The van der Waals surface area contributed by atoms with Gasteiger partial charge >= 0.3 is 6.03 Å². The Morgan fingerprint density at radius 3 is 2.31 bits per heavy atom. The zero-order valence-corrected chi connectivity index (χ0v) is 19.6. The van der Waals surface area contributed by atoms with Crippen molar-refractivity contribution in [3.63, 3.8) is 0 Å². The summed E-state index contributed by atoms with van der Waals surface area (Å²) < 4.78 is 1.61. The summed E-state index contributed by atoms with van der Waals surface area (Å²) in [6.07, 6.45) is 4.49. The number of imide groups is 1. The summed E-state index contributed by atoms with van der Waals surface area (Å²) in [5, 5.41) is 7.38. The van der Waals surface area contributed by atoms with Crippen molar-refractivity contribution in [1.82, 2.24) is 30.8 Å². The summed E-state index contributed by atoms with van der Waals surface area (Å²) in [5.41, 5.74) is 6.27. The lowest BCUT2D eigenvalue weighted by Crippen LogP contribution is -2.45. The smallest absolute Gasteiger partial charge is 0.323 e. The maximum Gasteiger partial charge on any atom is 0.325 e. The molecule has 1 saturated heterocycles. The highest BCUT2D eigenvalue weighted by molar-refractivity contribution is 6.07. The molecule has 5 rings (SSSR count). The van der Waals surface area contributed by atoms with Crippen molar-refractivity contribution in [1.29, 1.82) is 0 Å². The lowest BCUT2D eigenvalue weighted by Gasteiger charge is -2.19. The van der Waals surface area contributed by atoms with Crippen molar-refractivity contribution in [3.05, 3.63) is 72.4 Å². The normalized spacial score (nSPS) is 16.3. The van der Waals surface area contributed by atoms with E-state index in [1.165, 1.54) is 0 Å². The van der Waals surface area contributed by atoms with Crippen LogP contribution in [0, 0.1) is 0 Å². The SMILES string of the molecule is O=C(CCN1C(=O)NC2(CCCC2)C1=O)NNC(=O)c1cn(-c2ccccc2)nc1-c1ccccc1. The predicted molar refractivity (Wildman–Crippen MR) is 131 cm³/mol. The Hall–Kier alpha value is -4.47. The van der Waals surface area contributed by atoms with E-state index in [2.05, 4.69) is 21.3 Å². The number of amides is 5. The van der Waals surface area contributed by atoms with Gasteiger partial charge in [-0.2, -0.15) is 5.10 Å². The van der Waals surface area contributed by atoms with Crippen molar-refractivity contribution in [2.75, 3.05) is 6.54 Å². The van der Waals surface area contributed by atoms with E-state index < -0.39 is 23.4 Å². The number of para-hydroxylation sites is 1. The topological polar surface area (TPSA) is 125 Å². The van der Waals surface area contributed by atoms with Gasteiger partial charge in [0.25, 0.3) is 11.8 Å². The highest BCUT2D eigenvalue weighted by Crippen LogP contribution is 2.35. The lowest BCUT2D eigenvalue weighted by molar-refractivity contribution is -0.131. The molecule has 2 heterocycles. The van der Waals surface area contributed by atoms with Crippen LogP contribution < -0.4 is 16.2 Å². The number of hydrazine groups is 1. The van der Waals surface area contributed by atoms with Gasteiger partial charge in [-0.3, -0.25) is 30.1 Å². The minimum atomic E-state index is -0.811. The van der Waals surface area contributed by atoms with E-state index in [1.807, 2.05) is 60.7 Å². The molecule has 0 bridgehead atoms. The van der Waals surface area contributed by atoms with Gasteiger partial charge < -0.3 is 5.32 Å². The van der Waals surface area contributed by atoms with Crippen LogP contribution in [-0.4, -0.2) is 50.5 Å². The second-order valence-electron chi connectivity index (χ2n) is 8.97. The van der Waals surface area contributed by atoms with E-state index in [4.69, 9.17) is 0 Å². The number of carbonyl (C=O) groups excluding carboxylic acids is 4. The van der Waals surface area contributed by atoms with Crippen LogP contribution in [0.4, 0.5) is 4.79 Å². The Morgan fingerprint density at radius 1 is 0.944 bits per heavy atom. The number of hydrogen-bond donors (Lipinski definition) is 3. The molecule has 1 aliphatic heterocycles. The number of aromatic nitrogens is 2. The van der Waals surface area contributed by atoms with E-state index in [-0.39, 0.29) is 24.4 Å². The molecule has 3 N–H and O–H groups in total. The Kier molecular flexibility index (Phi) is 6.24. The van der Waals surface area contributed by atoms with Crippen LogP contribution in [0.25, 0.3) is 16.9 Å². The fraction of sp³-hybridized carbons (Fsp3) is 0.269. The Balaban J connectivity index is 1.24. The summed E-state index contributed by atoms with van der Waals surface area (Å²) in [6, 6.07) is 18.2. The highest BCUT2D eigenvalue weighted by atomic mass is 16.2. The Labute approximate surface area is 207 Å². The van der Waals surface area contributed by atoms with Crippen LogP contribution in [0.3, 0.4) is 0 Å². The standard InChI is InChI=1S/C26H26N6O4/c33-21(13-16-31-24(35)26(27-25(31)36)14-7-8-15-26)28-29-23(34)20-17-32(19-11-5-2-6-12-19)30-22(20)18-9-3-1-4-10-18/h1-6,9-12,17H,7-8,13-16H2,(H,27,36)(H,28,33)(H,29,34). The van der Waals surface area contributed by atoms with Crippen molar-refractivity contribution >= 4 is 23.8 Å². The second kappa shape index (κ2) is 9.65. The predicted octanol–water partition coefficient (Wildman–Crippen LogP) is 2.56. The van der Waals surface area contributed by atoms with Gasteiger partial charge in [-0.15, -0.1) is 0 Å². The van der Waals surface area contributed by atoms with Crippen molar-refractivity contribution in [2.24, 2.45) is 0 Å². The molecule has 1 saturated carbocycles. The summed E-state index contributed by atoms with van der Waals surface area (Å²) in [5.74, 6) is -1.33. The number of benzene rings is 2. The van der Waals surface area contributed by atoms with E-state index in [1.54, 1.807) is 10.9 Å². The number of urea groups is 1. The van der Waals surface area contributed by atoms with Crippen LogP contribution in [0.2, 0.25) is 0 Å². The average Bonchev–Trinajstić information content (AvgIpc) is 3.61. The third-order valence-corrected chi connectivity index (χ3v) is 6.61. The molecule has 36 heavy (non-hydrogen) atoms. The molecule has 10 heteroatoms. The largest absolute Gasteiger partial charge is 0.325 e. The molecule has 1 spiro atoms. The molecule has 1 aliphatic carbocycles. The third kappa shape index (κ3) is 4.45. The maximum absolute atomic E-state index is 13.0. The highest BCUT2D eigenvalue weighted by Gasteiger charge is 2.52. The molecule has 1 aromatic heterocycles. The minimum Gasteiger partial charge on any atom is -0.323 e. The first-order valence-corrected chi connectivity index (χ1v) is 11.9. The van der Waals surface area contributed by atoms with E-state index in [0.717, 1.165) is 29.0 Å². The van der Waals surface area contributed by atoms with Gasteiger partial charge in [0.2, 0.25) is 5.91 Å². The minimum absolute atomic E-state index is 0.0602. The van der Waals surface area contributed by atoms with Gasteiger partial charge in [0, 0.05) is 24.7 Å². The first kappa shape index (κ1) is 23.3. The molecule has 0 radical (unpaired) electrons. The van der Waals surface area contributed by atoms with Crippen LogP contribution in [0.1, 0.15) is 42.5 Å². The molecule has 2 aromatic carbocycles. The molecule has 3 aromatic rings. The molecule has 2 fully saturated rings. The van der Waals surface area contributed by atoms with Crippen molar-refractivity contribution in [3.8, 4) is 16.9 Å². The zero-order chi connectivity index (χ0) is 25.1. The Morgan fingerprint density at radius 2 is 1.61 bits per heavy atom. The fourth-order valence-electron chi connectivity index (χ4n) is 4.73. The third-order valence-electron chi connectivity index (χ3n) is 6.61. The lowest BCUT2D eigenvalue weighted by atomic mass is 9.98.